The van der Waals surface area contributed by atoms with Crippen LogP contribution in [-0.2, 0) is 6.42 Å². The topological polar surface area (TPSA) is 75.9 Å². The van der Waals surface area contributed by atoms with Gasteiger partial charge in [0, 0.05) is 18.5 Å². The third-order valence-electron chi connectivity index (χ3n) is 3.64. The van der Waals surface area contributed by atoms with Crippen molar-refractivity contribution in [2.24, 2.45) is 5.84 Å². The zero-order valence-corrected chi connectivity index (χ0v) is 12.3. The van der Waals surface area contributed by atoms with Crippen LogP contribution in [0, 0.1) is 6.92 Å². The Morgan fingerprint density at radius 2 is 2.00 bits per heavy atom. The largest absolute Gasteiger partial charge is 0.370 e. The average Bonchev–Trinajstić information content (AvgIpc) is 3.32. The van der Waals surface area contributed by atoms with Gasteiger partial charge < -0.3 is 10.7 Å². The molecule has 0 unspecified atom stereocenters. The lowest BCUT2D eigenvalue weighted by Gasteiger charge is -2.09. The van der Waals surface area contributed by atoms with Crippen LogP contribution in [0.4, 0.5) is 11.6 Å². The van der Waals surface area contributed by atoms with Gasteiger partial charge in [-0.3, -0.25) is 0 Å². The van der Waals surface area contributed by atoms with Crippen molar-refractivity contribution in [1.29, 1.82) is 0 Å². The van der Waals surface area contributed by atoms with Gasteiger partial charge in [-0.25, -0.2) is 15.8 Å². The van der Waals surface area contributed by atoms with Gasteiger partial charge >= 0.3 is 0 Å². The number of benzene rings is 1. The van der Waals surface area contributed by atoms with Gasteiger partial charge in [-0.15, -0.1) is 0 Å². The predicted octanol–water partition coefficient (Wildman–Crippen LogP) is 2.60. The van der Waals surface area contributed by atoms with Crippen LogP contribution >= 0.6 is 0 Å². The molecule has 3 rings (SSSR count). The Morgan fingerprint density at radius 1 is 1.19 bits per heavy atom. The van der Waals surface area contributed by atoms with Crippen LogP contribution in [-0.4, -0.2) is 16.5 Å². The molecule has 1 aromatic carbocycles. The summed E-state index contributed by atoms with van der Waals surface area (Å²) in [5.41, 5.74) is 5.24. The smallest absolute Gasteiger partial charge is 0.145 e. The zero-order valence-electron chi connectivity index (χ0n) is 12.3. The Morgan fingerprint density at radius 3 is 2.71 bits per heavy atom. The van der Waals surface area contributed by atoms with E-state index in [1.807, 2.05) is 6.07 Å². The van der Waals surface area contributed by atoms with Crippen LogP contribution in [0.1, 0.15) is 35.7 Å². The molecule has 2 aromatic rings. The molecule has 0 radical (unpaired) electrons. The lowest BCUT2D eigenvalue weighted by molar-refractivity contribution is 0.914. The molecule has 0 spiro atoms. The van der Waals surface area contributed by atoms with Crippen molar-refractivity contribution in [3.8, 4) is 0 Å². The van der Waals surface area contributed by atoms with Gasteiger partial charge in [0.25, 0.3) is 0 Å². The summed E-state index contributed by atoms with van der Waals surface area (Å²) in [6.45, 7) is 2.96. The van der Waals surface area contributed by atoms with Crippen molar-refractivity contribution < 1.29 is 0 Å². The quantitative estimate of drug-likeness (QED) is 0.561. The zero-order chi connectivity index (χ0) is 14.7. The molecule has 1 saturated carbocycles. The van der Waals surface area contributed by atoms with Crippen molar-refractivity contribution in [2.75, 3.05) is 17.3 Å². The SMILES string of the molecule is Cc1cccc(CCNc2cc(NN)nc(C3CC3)n2)c1. The highest BCUT2D eigenvalue weighted by molar-refractivity contribution is 5.47. The minimum Gasteiger partial charge on any atom is -0.370 e. The fourth-order valence-corrected chi connectivity index (χ4v) is 2.36. The predicted molar refractivity (Wildman–Crippen MR) is 85.2 cm³/mol. The summed E-state index contributed by atoms with van der Waals surface area (Å²) < 4.78 is 0. The number of nitrogens with zero attached hydrogens (tertiary/aromatic N) is 2. The molecular weight excluding hydrogens is 262 g/mol. The third kappa shape index (κ3) is 3.70. The number of aryl methyl sites for hydroxylation is 1. The Hall–Kier alpha value is -2.14. The van der Waals surface area contributed by atoms with E-state index in [2.05, 4.69) is 51.9 Å². The first-order valence-corrected chi connectivity index (χ1v) is 7.39. The molecular formula is C16H21N5. The number of anilines is 2. The van der Waals surface area contributed by atoms with Gasteiger partial charge in [-0.05, 0) is 31.7 Å². The summed E-state index contributed by atoms with van der Waals surface area (Å²) in [7, 11) is 0. The molecule has 1 aliphatic carbocycles. The van der Waals surface area contributed by atoms with Crippen molar-refractivity contribution in [1.82, 2.24) is 9.97 Å². The molecule has 0 saturated heterocycles. The molecule has 1 fully saturated rings. The van der Waals surface area contributed by atoms with Crippen LogP contribution in [0.25, 0.3) is 0 Å². The van der Waals surface area contributed by atoms with Crippen molar-refractivity contribution >= 4 is 11.6 Å². The number of hydrogen-bond acceptors (Lipinski definition) is 5. The van der Waals surface area contributed by atoms with Crippen LogP contribution in [0.5, 0.6) is 0 Å². The number of rotatable bonds is 6. The van der Waals surface area contributed by atoms with Gasteiger partial charge in [0.1, 0.15) is 17.5 Å². The molecule has 0 atom stereocenters. The van der Waals surface area contributed by atoms with Crippen molar-refractivity contribution in [3.05, 3.63) is 47.3 Å². The van der Waals surface area contributed by atoms with Gasteiger partial charge in [-0.2, -0.15) is 0 Å². The highest BCUT2D eigenvalue weighted by Crippen LogP contribution is 2.38. The summed E-state index contributed by atoms with van der Waals surface area (Å²) >= 11 is 0. The number of hydrazine groups is 1. The molecule has 1 heterocycles. The second-order valence-corrected chi connectivity index (χ2v) is 5.58. The number of hydrogen-bond donors (Lipinski definition) is 3. The first kappa shape index (κ1) is 13.8. The molecule has 1 aromatic heterocycles. The maximum Gasteiger partial charge on any atom is 0.145 e. The summed E-state index contributed by atoms with van der Waals surface area (Å²) in [6, 6.07) is 10.4. The summed E-state index contributed by atoms with van der Waals surface area (Å²) in [5, 5.41) is 3.36. The fraction of sp³-hybridized carbons (Fsp3) is 0.375. The second kappa shape index (κ2) is 6.10. The van der Waals surface area contributed by atoms with E-state index in [-0.39, 0.29) is 0 Å². The second-order valence-electron chi connectivity index (χ2n) is 5.58. The van der Waals surface area contributed by atoms with E-state index in [1.54, 1.807) is 0 Å². The molecule has 1 aliphatic rings. The van der Waals surface area contributed by atoms with Gasteiger partial charge in [0.05, 0.1) is 0 Å². The Kier molecular flexibility index (Phi) is 4.01. The molecule has 5 heteroatoms. The van der Waals surface area contributed by atoms with Crippen molar-refractivity contribution in [3.63, 3.8) is 0 Å². The molecule has 5 nitrogen and oxygen atoms in total. The van der Waals surface area contributed by atoms with E-state index in [0.29, 0.717) is 11.7 Å². The standard InChI is InChI=1S/C16H21N5/c1-11-3-2-4-12(9-11)7-8-18-14-10-15(21-17)20-16(19-14)13-5-6-13/h2-4,9-10,13H,5-8,17H2,1H3,(H2,18,19,20,21). The minimum atomic E-state index is 0.510. The number of nitrogen functional groups attached to an aromatic ring is 1. The monoisotopic (exact) mass is 283 g/mol. The molecule has 4 N–H and O–H groups in total. The number of nitrogens with one attached hydrogen (secondary N) is 2. The van der Waals surface area contributed by atoms with E-state index in [4.69, 9.17) is 5.84 Å². The van der Waals surface area contributed by atoms with Crippen molar-refractivity contribution in [2.45, 2.75) is 32.1 Å². The lowest BCUT2D eigenvalue weighted by Crippen LogP contribution is -2.13. The highest BCUT2D eigenvalue weighted by atomic mass is 15.3. The highest BCUT2D eigenvalue weighted by Gasteiger charge is 2.27. The minimum absolute atomic E-state index is 0.510. The van der Waals surface area contributed by atoms with E-state index in [9.17, 15) is 0 Å². The van der Waals surface area contributed by atoms with E-state index in [1.165, 1.54) is 24.0 Å². The van der Waals surface area contributed by atoms with Crippen LogP contribution in [0.3, 0.4) is 0 Å². The summed E-state index contributed by atoms with van der Waals surface area (Å²) in [5.74, 6) is 8.39. The van der Waals surface area contributed by atoms with E-state index >= 15 is 0 Å². The Labute approximate surface area is 125 Å². The van der Waals surface area contributed by atoms with E-state index < -0.39 is 0 Å². The maximum atomic E-state index is 5.48. The van der Waals surface area contributed by atoms with Crippen LogP contribution in [0.2, 0.25) is 0 Å². The summed E-state index contributed by atoms with van der Waals surface area (Å²) in [4.78, 5) is 8.98. The Bertz CT molecular complexity index is 622. The average molecular weight is 283 g/mol. The third-order valence-corrected chi connectivity index (χ3v) is 3.64. The summed E-state index contributed by atoms with van der Waals surface area (Å²) in [6.07, 6.45) is 3.32. The molecule has 0 bridgehead atoms. The molecule has 0 amide bonds. The molecule has 21 heavy (non-hydrogen) atoms. The van der Waals surface area contributed by atoms with Gasteiger partial charge in [-0.1, -0.05) is 29.8 Å². The van der Waals surface area contributed by atoms with Gasteiger partial charge in [0.15, 0.2) is 0 Å². The van der Waals surface area contributed by atoms with Crippen LogP contribution in [0.15, 0.2) is 30.3 Å². The first-order valence-electron chi connectivity index (χ1n) is 7.39. The first-order chi connectivity index (χ1) is 10.2. The fourth-order valence-electron chi connectivity index (χ4n) is 2.36. The normalized spacial score (nSPS) is 14.0. The Balaban J connectivity index is 1.63. The van der Waals surface area contributed by atoms with Crippen LogP contribution < -0.4 is 16.6 Å². The van der Waals surface area contributed by atoms with E-state index in [0.717, 1.165) is 24.6 Å². The maximum absolute atomic E-state index is 5.48. The van der Waals surface area contributed by atoms with Gasteiger partial charge in [0.2, 0.25) is 0 Å². The molecule has 0 aliphatic heterocycles. The molecule has 110 valence electrons. The number of aromatic nitrogens is 2. The number of nitrogens with two attached hydrogens (primary N) is 1. The lowest BCUT2D eigenvalue weighted by atomic mass is 10.1.